The highest BCUT2D eigenvalue weighted by molar-refractivity contribution is 8.00. The number of thioether (sulfide) groups is 1. The van der Waals surface area contributed by atoms with Crippen molar-refractivity contribution in [1.82, 2.24) is 10.2 Å². The Labute approximate surface area is 123 Å². The van der Waals surface area contributed by atoms with Crippen LogP contribution in [0.15, 0.2) is 28.6 Å². The van der Waals surface area contributed by atoms with Gasteiger partial charge < -0.3 is 9.47 Å². The summed E-state index contributed by atoms with van der Waals surface area (Å²) >= 11 is 2.80. The van der Waals surface area contributed by atoms with E-state index in [0.29, 0.717) is 16.6 Å². The van der Waals surface area contributed by atoms with Crippen molar-refractivity contribution < 1.29 is 14.3 Å². The normalized spacial score (nSPS) is 16.8. The summed E-state index contributed by atoms with van der Waals surface area (Å²) in [6.07, 6.45) is 1.22. The number of fused-ring (bicyclic) bond motifs is 1. The molecule has 6 nitrogen and oxygen atoms in total. The topological polar surface area (TPSA) is 73.3 Å². The number of nitrogens with zero attached hydrogens (tertiary/aromatic N) is 2. The van der Waals surface area contributed by atoms with Crippen molar-refractivity contribution in [2.24, 2.45) is 0 Å². The van der Waals surface area contributed by atoms with Crippen LogP contribution in [0.2, 0.25) is 0 Å². The van der Waals surface area contributed by atoms with E-state index in [0.717, 1.165) is 4.34 Å². The zero-order chi connectivity index (χ0) is 13.9. The maximum absolute atomic E-state index is 12.1. The van der Waals surface area contributed by atoms with Crippen LogP contribution < -0.4 is 14.8 Å². The molecule has 0 aliphatic carbocycles. The Morgan fingerprint density at radius 3 is 2.95 bits per heavy atom. The minimum absolute atomic E-state index is 0.178. The van der Waals surface area contributed by atoms with Crippen molar-refractivity contribution in [2.45, 2.75) is 10.4 Å². The number of rotatable bonds is 3. The van der Waals surface area contributed by atoms with E-state index in [9.17, 15) is 4.79 Å². The van der Waals surface area contributed by atoms with Gasteiger partial charge in [-0.05, 0) is 18.4 Å². The van der Waals surface area contributed by atoms with Gasteiger partial charge in [-0.2, -0.15) is 0 Å². The molecule has 1 N–H and O–H groups in total. The molecule has 1 aliphatic rings. The number of para-hydroxylation sites is 2. The maximum Gasteiger partial charge on any atom is 0.270 e. The Balaban J connectivity index is 1.67. The van der Waals surface area contributed by atoms with Gasteiger partial charge >= 0.3 is 0 Å². The largest absolute Gasteiger partial charge is 0.485 e. The van der Waals surface area contributed by atoms with E-state index < -0.39 is 6.10 Å². The number of anilines is 1. The number of hydrogen-bond acceptors (Lipinski definition) is 7. The van der Waals surface area contributed by atoms with Crippen molar-refractivity contribution in [3.05, 3.63) is 24.3 Å². The lowest BCUT2D eigenvalue weighted by atomic mass is 10.2. The number of ether oxygens (including phenoxy) is 2. The zero-order valence-electron chi connectivity index (χ0n) is 10.5. The van der Waals surface area contributed by atoms with Crippen LogP contribution >= 0.6 is 23.1 Å². The molecule has 8 heteroatoms. The van der Waals surface area contributed by atoms with E-state index in [1.54, 1.807) is 12.1 Å². The molecule has 1 aliphatic heterocycles. The first kappa shape index (κ1) is 13.2. The van der Waals surface area contributed by atoms with Crippen LogP contribution in [-0.2, 0) is 4.79 Å². The lowest BCUT2D eigenvalue weighted by Gasteiger charge is -2.25. The third-order valence-electron chi connectivity index (χ3n) is 2.61. The summed E-state index contributed by atoms with van der Waals surface area (Å²) in [5, 5.41) is 10.9. The molecule has 3 rings (SSSR count). The molecule has 2 aromatic rings. The zero-order valence-corrected chi connectivity index (χ0v) is 12.2. The number of nitrogens with one attached hydrogen (secondary N) is 1. The molecule has 1 aromatic carbocycles. The number of carbonyl (C=O) groups is 1. The fraction of sp³-hybridized carbons (Fsp3) is 0.250. The van der Waals surface area contributed by atoms with Crippen molar-refractivity contribution in [3.63, 3.8) is 0 Å². The van der Waals surface area contributed by atoms with Crippen LogP contribution in [0.5, 0.6) is 11.5 Å². The minimum Gasteiger partial charge on any atom is -0.485 e. The Bertz CT molecular complexity index is 632. The summed E-state index contributed by atoms with van der Waals surface area (Å²) in [4.78, 5) is 12.1. The molecule has 1 aromatic heterocycles. The van der Waals surface area contributed by atoms with Crippen LogP contribution in [0.4, 0.5) is 5.13 Å². The van der Waals surface area contributed by atoms with Gasteiger partial charge in [0.15, 0.2) is 15.8 Å². The summed E-state index contributed by atoms with van der Waals surface area (Å²) in [5.41, 5.74) is 0. The third kappa shape index (κ3) is 2.70. The van der Waals surface area contributed by atoms with E-state index in [1.165, 1.54) is 23.1 Å². The second-order valence-corrected chi connectivity index (χ2v) is 5.96. The van der Waals surface area contributed by atoms with Gasteiger partial charge in [0.25, 0.3) is 5.91 Å². The first-order valence-electron chi connectivity index (χ1n) is 5.83. The van der Waals surface area contributed by atoms with Crippen LogP contribution in [-0.4, -0.2) is 35.1 Å². The lowest BCUT2D eigenvalue weighted by molar-refractivity contribution is -0.125. The summed E-state index contributed by atoms with van der Waals surface area (Å²) in [6.45, 7) is 0.178. The van der Waals surface area contributed by atoms with Gasteiger partial charge in [0.05, 0.1) is 0 Å². The third-order valence-corrected chi connectivity index (χ3v) is 4.43. The fourth-order valence-corrected chi connectivity index (χ4v) is 2.85. The molecule has 0 radical (unpaired) electrons. The molecular weight excluding hydrogens is 298 g/mol. The molecule has 0 unspecified atom stereocenters. The molecule has 0 saturated heterocycles. The Morgan fingerprint density at radius 2 is 2.20 bits per heavy atom. The SMILES string of the molecule is CSc1nnc(NC(=O)[C@@H]2COc3ccccc3O2)s1. The predicted molar refractivity (Wildman–Crippen MR) is 76.7 cm³/mol. The van der Waals surface area contributed by atoms with Gasteiger partial charge in [-0.1, -0.05) is 35.2 Å². The Kier molecular flexibility index (Phi) is 3.75. The number of aromatic nitrogens is 2. The second kappa shape index (κ2) is 5.68. The van der Waals surface area contributed by atoms with Gasteiger partial charge in [0.1, 0.15) is 6.61 Å². The summed E-state index contributed by atoms with van der Waals surface area (Å²) < 4.78 is 11.9. The van der Waals surface area contributed by atoms with E-state index in [2.05, 4.69) is 15.5 Å². The van der Waals surface area contributed by atoms with Gasteiger partial charge in [-0.15, -0.1) is 10.2 Å². The molecule has 2 heterocycles. The monoisotopic (exact) mass is 309 g/mol. The summed E-state index contributed by atoms with van der Waals surface area (Å²) in [7, 11) is 0. The van der Waals surface area contributed by atoms with Crippen molar-refractivity contribution >= 4 is 34.1 Å². The summed E-state index contributed by atoms with van der Waals surface area (Å²) in [6, 6.07) is 7.26. The molecule has 0 fully saturated rings. The average molecular weight is 309 g/mol. The van der Waals surface area contributed by atoms with Gasteiger partial charge in [-0.25, -0.2) is 0 Å². The van der Waals surface area contributed by atoms with Gasteiger partial charge in [-0.3, -0.25) is 10.1 Å². The van der Waals surface area contributed by atoms with Gasteiger partial charge in [0.2, 0.25) is 11.2 Å². The molecule has 104 valence electrons. The van der Waals surface area contributed by atoms with E-state index in [-0.39, 0.29) is 12.5 Å². The number of amides is 1. The predicted octanol–water partition coefficient (Wildman–Crippen LogP) is 2.04. The minimum atomic E-state index is -0.688. The highest BCUT2D eigenvalue weighted by Crippen LogP contribution is 2.31. The van der Waals surface area contributed by atoms with Crippen LogP contribution in [0.25, 0.3) is 0 Å². The smallest absolute Gasteiger partial charge is 0.270 e. The molecule has 1 atom stereocenters. The standard InChI is InChI=1S/C12H11N3O3S2/c1-19-12-15-14-11(20-12)13-10(16)9-6-17-7-4-2-3-5-8(7)18-9/h2-5,9H,6H2,1H3,(H,13,14,16)/t9-/m0/s1. The van der Waals surface area contributed by atoms with E-state index in [1.807, 2.05) is 18.4 Å². The van der Waals surface area contributed by atoms with E-state index >= 15 is 0 Å². The number of carbonyl (C=O) groups excluding carboxylic acids is 1. The van der Waals surface area contributed by atoms with Crippen molar-refractivity contribution in [2.75, 3.05) is 18.2 Å². The highest BCUT2D eigenvalue weighted by Gasteiger charge is 2.27. The van der Waals surface area contributed by atoms with Crippen molar-refractivity contribution in [3.8, 4) is 11.5 Å². The molecular formula is C12H11N3O3S2. The van der Waals surface area contributed by atoms with E-state index in [4.69, 9.17) is 9.47 Å². The van der Waals surface area contributed by atoms with Gasteiger partial charge in [0, 0.05) is 0 Å². The Morgan fingerprint density at radius 1 is 1.40 bits per heavy atom. The highest BCUT2D eigenvalue weighted by atomic mass is 32.2. The maximum atomic E-state index is 12.1. The molecule has 0 spiro atoms. The second-order valence-electron chi connectivity index (χ2n) is 3.93. The average Bonchev–Trinajstić information content (AvgIpc) is 2.94. The van der Waals surface area contributed by atoms with Crippen LogP contribution in [0, 0.1) is 0 Å². The fourth-order valence-electron chi connectivity index (χ4n) is 1.68. The quantitative estimate of drug-likeness (QED) is 0.691. The van der Waals surface area contributed by atoms with Crippen molar-refractivity contribution in [1.29, 1.82) is 0 Å². The molecule has 1 amide bonds. The number of benzene rings is 1. The molecule has 0 saturated carbocycles. The Hall–Kier alpha value is -1.80. The first-order valence-corrected chi connectivity index (χ1v) is 7.87. The van der Waals surface area contributed by atoms with Crippen LogP contribution in [0.1, 0.15) is 0 Å². The summed E-state index contributed by atoms with van der Waals surface area (Å²) in [5.74, 6) is 0.932. The van der Waals surface area contributed by atoms with Crippen LogP contribution in [0.3, 0.4) is 0 Å². The molecule has 20 heavy (non-hydrogen) atoms. The molecule has 0 bridgehead atoms. The number of hydrogen-bond donors (Lipinski definition) is 1. The lowest BCUT2D eigenvalue weighted by Crippen LogP contribution is -2.40. The first-order chi connectivity index (χ1) is 9.76.